The monoisotopic (exact) mass is 706 g/mol. The molecule has 0 aliphatic rings. The molecular formula is C37H76Br2N2. The van der Waals surface area contributed by atoms with Crippen molar-refractivity contribution in [2.24, 2.45) is 11.8 Å². The fourth-order valence-electron chi connectivity index (χ4n) is 6.48. The first-order valence-corrected chi connectivity index (χ1v) is 20.8. The van der Waals surface area contributed by atoms with Gasteiger partial charge in [-0.2, -0.15) is 0 Å². The average Bonchev–Trinajstić information content (AvgIpc) is 2.96. The molecule has 0 rings (SSSR count). The number of nitrogens with zero attached hydrogens (tertiary/aromatic N) is 2. The lowest BCUT2D eigenvalue weighted by Crippen LogP contribution is -2.23. The maximum Gasteiger partial charge on any atom is 0.00313 e. The number of hydrogen-bond donors (Lipinski definition) is 0. The molecule has 0 fully saturated rings. The second-order valence-corrected chi connectivity index (χ2v) is 15.0. The van der Waals surface area contributed by atoms with Crippen molar-refractivity contribution >= 4 is 31.9 Å². The fourth-order valence-corrected chi connectivity index (χ4v) is 7.27. The summed E-state index contributed by atoms with van der Waals surface area (Å²) in [5.74, 6) is 1.88. The molecule has 0 bridgehead atoms. The summed E-state index contributed by atoms with van der Waals surface area (Å²) >= 11 is 7.08. The van der Waals surface area contributed by atoms with E-state index in [0.29, 0.717) is 0 Å². The molecular weight excluding hydrogens is 632 g/mol. The lowest BCUT2D eigenvalue weighted by atomic mass is 9.88. The molecule has 0 saturated heterocycles. The molecule has 2 nitrogen and oxygen atoms in total. The molecule has 0 aromatic carbocycles. The summed E-state index contributed by atoms with van der Waals surface area (Å²) in [5, 5.41) is 2.35. The van der Waals surface area contributed by atoms with Gasteiger partial charge in [-0.15, -0.1) is 0 Å². The van der Waals surface area contributed by atoms with Crippen LogP contribution in [0, 0.1) is 11.8 Å². The summed E-state index contributed by atoms with van der Waals surface area (Å²) in [6.07, 6.45) is 35.4. The molecule has 0 radical (unpaired) electrons. The lowest BCUT2D eigenvalue weighted by molar-refractivity contribution is 0.260. The summed E-state index contributed by atoms with van der Waals surface area (Å²) in [6, 6.07) is 0. The van der Waals surface area contributed by atoms with Crippen LogP contribution in [0.3, 0.4) is 0 Å². The largest absolute Gasteiger partial charge is 0.306 e. The van der Waals surface area contributed by atoms with E-state index in [4.69, 9.17) is 0 Å². The van der Waals surface area contributed by atoms with Crippen LogP contribution in [0.2, 0.25) is 0 Å². The van der Waals surface area contributed by atoms with Crippen LogP contribution in [0.5, 0.6) is 0 Å². The Labute approximate surface area is 277 Å². The number of rotatable bonds is 34. The normalized spacial score (nSPS) is 13.5. The standard InChI is InChI=1S/C37H76Br2N2/c1-5-24-36(28-34-40(3)32-21-17-13-9-7-11-15-19-30-38)26-23-27-37(25-6-2)29-35-41(4)33-22-18-14-10-8-12-16-20-31-39/h36-37H,5-35H2,1-4H3. The highest BCUT2D eigenvalue weighted by molar-refractivity contribution is 9.09. The van der Waals surface area contributed by atoms with Gasteiger partial charge in [0.05, 0.1) is 0 Å². The first-order chi connectivity index (χ1) is 20.1. The van der Waals surface area contributed by atoms with Gasteiger partial charge in [0.2, 0.25) is 0 Å². The van der Waals surface area contributed by atoms with Gasteiger partial charge in [-0.05, 0) is 90.6 Å². The molecule has 248 valence electrons. The molecule has 0 aromatic rings. The zero-order valence-electron chi connectivity index (χ0n) is 28.7. The van der Waals surface area contributed by atoms with E-state index < -0.39 is 0 Å². The number of hydrogen-bond acceptors (Lipinski definition) is 2. The second-order valence-electron chi connectivity index (χ2n) is 13.5. The molecule has 2 unspecified atom stereocenters. The third kappa shape index (κ3) is 30.7. The van der Waals surface area contributed by atoms with E-state index >= 15 is 0 Å². The molecule has 0 saturated carbocycles. The molecule has 0 aliphatic carbocycles. The third-order valence-corrected chi connectivity index (χ3v) is 10.4. The first-order valence-electron chi connectivity index (χ1n) is 18.6. The van der Waals surface area contributed by atoms with Gasteiger partial charge in [-0.1, -0.05) is 168 Å². The van der Waals surface area contributed by atoms with Gasteiger partial charge < -0.3 is 9.80 Å². The smallest absolute Gasteiger partial charge is 0.00313 e. The van der Waals surface area contributed by atoms with Gasteiger partial charge in [0.25, 0.3) is 0 Å². The van der Waals surface area contributed by atoms with Gasteiger partial charge in [0.15, 0.2) is 0 Å². The summed E-state index contributed by atoms with van der Waals surface area (Å²) in [6.45, 7) is 9.98. The maximum atomic E-state index is 3.54. The van der Waals surface area contributed by atoms with Crippen molar-refractivity contribution in [3.8, 4) is 0 Å². The van der Waals surface area contributed by atoms with Gasteiger partial charge >= 0.3 is 0 Å². The van der Waals surface area contributed by atoms with Crippen LogP contribution >= 0.6 is 31.9 Å². The Bertz CT molecular complexity index is 448. The minimum absolute atomic E-state index is 0.941. The van der Waals surface area contributed by atoms with E-state index in [1.807, 2.05) is 0 Å². The van der Waals surface area contributed by atoms with Gasteiger partial charge in [-0.25, -0.2) is 0 Å². The van der Waals surface area contributed by atoms with Gasteiger partial charge in [0, 0.05) is 10.7 Å². The van der Waals surface area contributed by atoms with E-state index in [2.05, 4.69) is 69.6 Å². The summed E-state index contributed by atoms with van der Waals surface area (Å²) in [4.78, 5) is 5.25. The highest BCUT2D eigenvalue weighted by Gasteiger charge is 2.13. The van der Waals surface area contributed by atoms with Crippen molar-refractivity contribution in [1.82, 2.24) is 9.80 Å². The van der Waals surface area contributed by atoms with Crippen molar-refractivity contribution in [3.05, 3.63) is 0 Å². The predicted molar refractivity (Wildman–Crippen MR) is 196 cm³/mol. The van der Waals surface area contributed by atoms with Crippen molar-refractivity contribution in [2.75, 3.05) is 50.9 Å². The minimum Gasteiger partial charge on any atom is -0.306 e. The Balaban J connectivity index is 3.98. The summed E-state index contributed by atoms with van der Waals surface area (Å²) in [7, 11) is 4.73. The first kappa shape index (κ1) is 41.9. The zero-order valence-corrected chi connectivity index (χ0v) is 31.9. The Hall–Kier alpha value is 0.880. The molecule has 0 aliphatic heterocycles. The van der Waals surface area contributed by atoms with E-state index in [-0.39, 0.29) is 0 Å². The molecule has 2 atom stereocenters. The third-order valence-electron chi connectivity index (χ3n) is 9.30. The number of halogens is 2. The Morgan fingerprint density at radius 2 is 0.683 bits per heavy atom. The number of alkyl halides is 2. The molecule has 0 spiro atoms. The van der Waals surface area contributed by atoms with Crippen LogP contribution < -0.4 is 0 Å². The molecule has 4 heteroatoms. The van der Waals surface area contributed by atoms with Crippen LogP contribution in [0.4, 0.5) is 0 Å². The molecule has 0 amide bonds. The van der Waals surface area contributed by atoms with E-state index in [9.17, 15) is 0 Å². The van der Waals surface area contributed by atoms with E-state index in [1.165, 1.54) is 197 Å². The van der Waals surface area contributed by atoms with Crippen LogP contribution in [0.15, 0.2) is 0 Å². The number of unbranched alkanes of at least 4 members (excludes halogenated alkanes) is 14. The predicted octanol–water partition coefficient (Wildman–Crippen LogP) is 12.7. The van der Waals surface area contributed by atoms with Crippen molar-refractivity contribution in [1.29, 1.82) is 0 Å². The fraction of sp³-hybridized carbons (Fsp3) is 1.00. The maximum absolute atomic E-state index is 3.54. The zero-order chi connectivity index (χ0) is 30.2. The van der Waals surface area contributed by atoms with E-state index in [1.54, 1.807) is 0 Å². The SMILES string of the molecule is CCCC(CCCC(CCC)CCN(C)CCCCCCCCCCBr)CCN(C)CCCCCCCCCCBr. The van der Waals surface area contributed by atoms with Crippen molar-refractivity contribution < 1.29 is 0 Å². The van der Waals surface area contributed by atoms with Crippen molar-refractivity contribution in [3.63, 3.8) is 0 Å². The Morgan fingerprint density at radius 1 is 0.366 bits per heavy atom. The van der Waals surface area contributed by atoms with Gasteiger partial charge in [-0.3, -0.25) is 0 Å². The highest BCUT2D eigenvalue weighted by Crippen LogP contribution is 2.25. The summed E-state index contributed by atoms with van der Waals surface area (Å²) < 4.78 is 0. The molecule has 0 aromatic heterocycles. The average molecular weight is 709 g/mol. The van der Waals surface area contributed by atoms with Crippen LogP contribution in [-0.4, -0.2) is 60.7 Å². The molecule has 0 N–H and O–H groups in total. The quantitative estimate of drug-likeness (QED) is 0.0485. The second kappa shape index (κ2) is 33.8. The van der Waals surface area contributed by atoms with E-state index in [0.717, 1.165) is 11.8 Å². The topological polar surface area (TPSA) is 6.48 Å². The van der Waals surface area contributed by atoms with Crippen LogP contribution in [0.1, 0.15) is 174 Å². The highest BCUT2D eigenvalue weighted by atomic mass is 79.9. The minimum atomic E-state index is 0.941. The molecule has 41 heavy (non-hydrogen) atoms. The van der Waals surface area contributed by atoms with Crippen molar-refractivity contribution in [2.45, 2.75) is 174 Å². The van der Waals surface area contributed by atoms with Crippen LogP contribution in [-0.2, 0) is 0 Å². The Kier molecular flexibility index (Phi) is 34.5. The van der Waals surface area contributed by atoms with Crippen LogP contribution in [0.25, 0.3) is 0 Å². The Morgan fingerprint density at radius 3 is 1.00 bits per heavy atom. The lowest BCUT2D eigenvalue weighted by Gasteiger charge is -2.24. The molecule has 0 heterocycles. The van der Waals surface area contributed by atoms with Gasteiger partial charge in [0.1, 0.15) is 0 Å². The summed E-state index contributed by atoms with van der Waals surface area (Å²) in [5.41, 5.74) is 0.